The molecule has 4 nitrogen and oxygen atoms in total. The molecule has 0 aliphatic carbocycles. The Balaban J connectivity index is 1.74. The molecule has 0 atom stereocenters. The number of nitrogens with one attached hydrogen (secondary N) is 2. The van der Waals surface area contributed by atoms with Crippen molar-refractivity contribution < 1.29 is 13.4 Å². The van der Waals surface area contributed by atoms with E-state index in [1.54, 1.807) is 12.1 Å². The number of halogens is 1. The predicted molar refractivity (Wildman–Crippen MR) is 73.9 cm³/mol. The van der Waals surface area contributed by atoms with Crippen LogP contribution in [0.1, 0.15) is 12.8 Å². The lowest BCUT2D eigenvalue weighted by atomic mass is 10.1. The molecule has 1 aliphatic heterocycles. The molecule has 6 heteroatoms. The van der Waals surface area contributed by atoms with Gasteiger partial charge in [0.05, 0.1) is 6.54 Å². The Kier molecular flexibility index (Phi) is 5.04. The maximum Gasteiger partial charge on any atom is 0.238 e. The molecule has 1 aromatic carbocycles. The number of amides is 1. The first-order valence-electron chi connectivity index (χ1n) is 6.27. The summed E-state index contributed by atoms with van der Waals surface area (Å²) in [5.41, 5.74) is 0.455. The van der Waals surface area contributed by atoms with E-state index in [9.17, 15) is 13.4 Å². The van der Waals surface area contributed by atoms with Crippen molar-refractivity contribution in [3.05, 3.63) is 30.1 Å². The minimum absolute atomic E-state index is 0.188. The molecule has 0 aromatic heterocycles. The van der Waals surface area contributed by atoms with Gasteiger partial charge in [0.2, 0.25) is 5.91 Å². The van der Waals surface area contributed by atoms with Crippen molar-refractivity contribution >= 4 is 22.4 Å². The van der Waals surface area contributed by atoms with Crippen LogP contribution in [-0.4, -0.2) is 34.2 Å². The van der Waals surface area contributed by atoms with Crippen molar-refractivity contribution in [1.82, 2.24) is 5.32 Å². The third-order valence-corrected chi connectivity index (χ3v) is 4.43. The van der Waals surface area contributed by atoms with Crippen LogP contribution in [0.3, 0.4) is 0 Å². The van der Waals surface area contributed by atoms with Gasteiger partial charge in [-0.2, -0.15) is 0 Å². The van der Waals surface area contributed by atoms with Crippen LogP contribution in [0.15, 0.2) is 24.3 Å². The van der Waals surface area contributed by atoms with Crippen LogP contribution in [0.25, 0.3) is 0 Å². The average molecular weight is 284 g/mol. The van der Waals surface area contributed by atoms with Gasteiger partial charge in [0.15, 0.2) is 0 Å². The zero-order chi connectivity index (χ0) is 13.7. The van der Waals surface area contributed by atoms with Crippen molar-refractivity contribution in [1.29, 1.82) is 0 Å². The fourth-order valence-corrected chi connectivity index (χ4v) is 3.31. The summed E-state index contributed by atoms with van der Waals surface area (Å²) in [5, 5.41) is 5.77. The number of carbonyl (C=O) groups is 1. The lowest BCUT2D eigenvalue weighted by molar-refractivity contribution is -0.115. The van der Waals surface area contributed by atoms with Crippen molar-refractivity contribution in [3.8, 4) is 0 Å². The second kappa shape index (κ2) is 6.77. The molecule has 19 heavy (non-hydrogen) atoms. The highest BCUT2D eigenvalue weighted by Crippen LogP contribution is 2.10. The summed E-state index contributed by atoms with van der Waals surface area (Å²) >= 11 is 0. The van der Waals surface area contributed by atoms with Gasteiger partial charge in [0.1, 0.15) is 5.82 Å². The standard InChI is InChI=1S/C13H17FN2O2S/c14-10-2-1-3-12(8-10)16-13(17)9-15-11-4-6-19(18)7-5-11/h1-3,8,11,15H,4-7,9H2,(H,16,17). The predicted octanol–water partition coefficient (Wildman–Crippen LogP) is 1.26. The molecule has 0 bridgehead atoms. The van der Waals surface area contributed by atoms with Gasteiger partial charge < -0.3 is 10.6 Å². The monoisotopic (exact) mass is 284 g/mol. The van der Waals surface area contributed by atoms with E-state index in [0.717, 1.165) is 12.8 Å². The quantitative estimate of drug-likeness (QED) is 0.875. The van der Waals surface area contributed by atoms with E-state index in [-0.39, 0.29) is 24.3 Å². The van der Waals surface area contributed by atoms with E-state index in [0.29, 0.717) is 17.2 Å². The molecule has 0 saturated carbocycles. The van der Waals surface area contributed by atoms with E-state index < -0.39 is 10.8 Å². The van der Waals surface area contributed by atoms with Gasteiger partial charge >= 0.3 is 0 Å². The fourth-order valence-electron chi connectivity index (χ4n) is 2.01. The molecule has 104 valence electrons. The van der Waals surface area contributed by atoms with E-state index in [4.69, 9.17) is 0 Å². The van der Waals surface area contributed by atoms with Gasteiger partial charge in [-0.3, -0.25) is 9.00 Å². The number of benzene rings is 1. The Bertz CT molecular complexity index is 471. The third-order valence-electron chi connectivity index (χ3n) is 3.05. The van der Waals surface area contributed by atoms with E-state index in [1.165, 1.54) is 12.1 Å². The summed E-state index contributed by atoms with van der Waals surface area (Å²) in [7, 11) is -0.692. The van der Waals surface area contributed by atoms with Crippen molar-refractivity contribution in [3.63, 3.8) is 0 Å². The molecule has 1 saturated heterocycles. The minimum Gasteiger partial charge on any atom is -0.325 e. The van der Waals surface area contributed by atoms with Gasteiger partial charge in [0, 0.05) is 34.0 Å². The summed E-state index contributed by atoms with van der Waals surface area (Å²) in [4.78, 5) is 11.7. The second-order valence-electron chi connectivity index (χ2n) is 4.56. The Morgan fingerprint density at radius 2 is 2.11 bits per heavy atom. The van der Waals surface area contributed by atoms with Crippen molar-refractivity contribution in [2.24, 2.45) is 0 Å². The second-order valence-corrected chi connectivity index (χ2v) is 6.26. The third kappa shape index (κ3) is 4.72. The number of hydrogen-bond donors (Lipinski definition) is 2. The summed E-state index contributed by atoms with van der Waals surface area (Å²) in [6, 6.07) is 6.05. The molecule has 0 spiro atoms. The molecule has 1 fully saturated rings. The Morgan fingerprint density at radius 3 is 2.79 bits per heavy atom. The Hall–Kier alpha value is -1.27. The van der Waals surface area contributed by atoms with Crippen molar-refractivity contribution in [2.75, 3.05) is 23.4 Å². The number of rotatable bonds is 4. The minimum atomic E-state index is -0.692. The van der Waals surface area contributed by atoms with E-state index in [1.807, 2.05) is 0 Å². The molecule has 1 heterocycles. The smallest absolute Gasteiger partial charge is 0.238 e. The summed E-state index contributed by atoms with van der Waals surface area (Å²) < 4.78 is 24.1. The molecule has 0 unspecified atom stereocenters. The molecule has 1 amide bonds. The zero-order valence-corrected chi connectivity index (χ0v) is 11.3. The number of anilines is 1. The largest absolute Gasteiger partial charge is 0.325 e. The highest BCUT2D eigenvalue weighted by Gasteiger charge is 2.17. The number of carbonyl (C=O) groups excluding carboxylic acids is 1. The number of hydrogen-bond acceptors (Lipinski definition) is 3. The first kappa shape index (κ1) is 14.1. The lowest BCUT2D eigenvalue weighted by Gasteiger charge is -2.22. The normalized spacial score (nSPS) is 23.0. The van der Waals surface area contributed by atoms with E-state index >= 15 is 0 Å². The first-order valence-corrected chi connectivity index (χ1v) is 7.76. The van der Waals surface area contributed by atoms with Gasteiger partial charge in [-0.1, -0.05) is 6.07 Å². The van der Waals surface area contributed by atoms with Crippen LogP contribution < -0.4 is 10.6 Å². The van der Waals surface area contributed by atoms with Crippen LogP contribution in [0.4, 0.5) is 10.1 Å². The highest BCUT2D eigenvalue weighted by atomic mass is 32.2. The highest BCUT2D eigenvalue weighted by molar-refractivity contribution is 7.85. The van der Waals surface area contributed by atoms with Gasteiger partial charge in [0.25, 0.3) is 0 Å². The van der Waals surface area contributed by atoms with Crippen LogP contribution in [0.5, 0.6) is 0 Å². The zero-order valence-electron chi connectivity index (χ0n) is 10.5. The van der Waals surface area contributed by atoms with E-state index in [2.05, 4.69) is 10.6 Å². The fraction of sp³-hybridized carbons (Fsp3) is 0.462. The molecule has 1 aliphatic rings. The van der Waals surface area contributed by atoms with Crippen LogP contribution in [-0.2, 0) is 15.6 Å². The molecular formula is C13H17FN2O2S. The van der Waals surface area contributed by atoms with Crippen LogP contribution >= 0.6 is 0 Å². The maximum absolute atomic E-state index is 12.9. The first-order chi connectivity index (χ1) is 9.13. The van der Waals surface area contributed by atoms with Crippen LogP contribution in [0.2, 0.25) is 0 Å². The topological polar surface area (TPSA) is 58.2 Å². The average Bonchev–Trinajstić information content (AvgIpc) is 2.38. The SMILES string of the molecule is O=C(CNC1CCS(=O)CC1)Nc1cccc(F)c1. The summed E-state index contributed by atoms with van der Waals surface area (Å²) in [5.74, 6) is 0.824. The van der Waals surface area contributed by atoms with Gasteiger partial charge in [-0.05, 0) is 31.0 Å². The Morgan fingerprint density at radius 1 is 1.37 bits per heavy atom. The lowest BCUT2D eigenvalue weighted by Crippen LogP contribution is -2.40. The maximum atomic E-state index is 12.9. The van der Waals surface area contributed by atoms with Gasteiger partial charge in [-0.25, -0.2) is 4.39 Å². The molecule has 1 aromatic rings. The summed E-state index contributed by atoms with van der Waals surface area (Å²) in [6.07, 6.45) is 1.67. The molecule has 2 N–H and O–H groups in total. The van der Waals surface area contributed by atoms with Gasteiger partial charge in [-0.15, -0.1) is 0 Å². The Labute approximate surface area is 114 Å². The molecule has 0 radical (unpaired) electrons. The van der Waals surface area contributed by atoms with Crippen LogP contribution in [0, 0.1) is 5.82 Å². The molecule has 2 rings (SSSR count). The molecular weight excluding hydrogens is 267 g/mol. The summed E-state index contributed by atoms with van der Waals surface area (Å²) in [6.45, 7) is 0.188. The van der Waals surface area contributed by atoms with Crippen molar-refractivity contribution in [2.45, 2.75) is 18.9 Å².